The Bertz CT molecular complexity index is 1410. The van der Waals surface area contributed by atoms with Crippen LogP contribution in [0, 0.1) is 12.7 Å². The fourth-order valence-corrected chi connectivity index (χ4v) is 4.24. The summed E-state index contributed by atoms with van der Waals surface area (Å²) in [6.45, 7) is 2.04. The van der Waals surface area contributed by atoms with Gasteiger partial charge in [-0.3, -0.25) is 4.57 Å². The van der Waals surface area contributed by atoms with E-state index in [1.54, 1.807) is 19.2 Å². The number of para-hydroxylation sites is 1. The first kappa shape index (κ1) is 21.8. The molecule has 7 nitrogen and oxygen atoms in total. The number of aryl methyl sites for hydroxylation is 1. The maximum Gasteiger partial charge on any atom is 0.257 e. The molecule has 34 heavy (non-hydrogen) atoms. The number of nitrogens with zero attached hydrogens (tertiary/aromatic N) is 5. The second-order valence-electron chi connectivity index (χ2n) is 7.49. The van der Waals surface area contributed by atoms with Gasteiger partial charge in [-0.15, -0.1) is 10.2 Å². The first-order valence-corrected chi connectivity index (χ1v) is 11.5. The van der Waals surface area contributed by atoms with Gasteiger partial charge in [-0.05, 0) is 55.5 Å². The summed E-state index contributed by atoms with van der Waals surface area (Å²) >= 11 is 1.44. The first-order valence-electron chi connectivity index (χ1n) is 10.5. The molecule has 0 amide bonds. The van der Waals surface area contributed by atoms with Crippen LogP contribution in [0.25, 0.3) is 28.5 Å². The van der Waals surface area contributed by atoms with E-state index < -0.39 is 0 Å². The van der Waals surface area contributed by atoms with Gasteiger partial charge in [0.05, 0.1) is 18.4 Å². The van der Waals surface area contributed by atoms with Crippen molar-refractivity contribution in [3.8, 4) is 34.3 Å². The van der Waals surface area contributed by atoms with Crippen LogP contribution in [-0.2, 0) is 5.75 Å². The smallest absolute Gasteiger partial charge is 0.257 e. The molecule has 0 aliphatic rings. The SMILES string of the molecule is COc1ccccc1-c1nnc(SCc2noc(-c3ccc(F)cc3)n2)n1-c1ccc(C)cc1. The van der Waals surface area contributed by atoms with Crippen LogP contribution in [0.2, 0.25) is 0 Å². The summed E-state index contributed by atoms with van der Waals surface area (Å²) in [5.41, 5.74) is 3.58. The van der Waals surface area contributed by atoms with Gasteiger partial charge in [0.15, 0.2) is 16.8 Å². The molecule has 0 N–H and O–H groups in total. The van der Waals surface area contributed by atoms with Gasteiger partial charge in [0.2, 0.25) is 0 Å². The highest BCUT2D eigenvalue weighted by molar-refractivity contribution is 7.98. The standard InChI is InChI=1S/C25H20FN5O2S/c1-16-7-13-19(14-8-16)31-23(20-5-3-4-6-21(20)32-2)28-29-25(31)34-15-22-27-24(33-30-22)17-9-11-18(26)12-10-17/h3-14H,15H2,1-2H3. The van der Waals surface area contributed by atoms with E-state index in [0.29, 0.717) is 39.8 Å². The molecule has 0 atom stereocenters. The third kappa shape index (κ3) is 4.42. The summed E-state index contributed by atoms with van der Waals surface area (Å²) in [6, 6.07) is 21.8. The van der Waals surface area contributed by atoms with Gasteiger partial charge in [-0.1, -0.05) is 46.7 Å². The van der Waals surface area contributed by atoms with E-state index in [0.717, 1.165) is 16.8 Å². The van der Waals surface area contributed by atoms with Crippen LogP contribution < -0.4 is 4.74 Å². The minimum absolute atomic E-state index is 0.319. The van der Waals surface area contributed by atoms with E-state index in [1.165, 1.54) is 23.9 Å². The molecule has 2 aromatic heterocycles. The highest BCUT2D eigenvalue weighted by Gasteiger charge is 2.20. The van der Waals surface area contributed by atoms with Crippen molar-refractivity contribution in [2.24, 2.45) is 0 Å². The Morgan fingerprint density at radius 2 is 1.74 bits per heavy atom. The number of methoxy groups -OCH3 is 1. The molecule has 5 aromatic rings. The van der Waals surface area contributed by atoms with Crippen molar-refractivity contribution in [1.29, 1.82) is 0 Å². The third-order valence-corrected chi connectivity index (χ3v) is 6.09. The van der Waals surface area contributed by atoms with E-state index >= 15 is 0 Å². The van der Waals surface area contributed by atoms with Crippen LogP contribution in [0.15, 0.2) is 82.5 Å². The highest BCUT2D eigenvalue weighted by atomic mass is 32.2. The molecular weight excluding hydrogens is 453 g/mol. The zero-order chi connectivity index (χ0) is 23.5. The van der Waals surface area contributed by atoms with Gasteiger partial charge in [0.1, 0.15) is 11.6 Å². The lowest BCUT2D eigenvalue weighted by Crippen LogP contribution is -2.01. The van der Waals surface area contributed by atoms with Crippen molar-refractivity contribution in [1.82, 2.24) is 24.9 Å². The molecule has 5 rings (SSSR count). The largest absolute Gasteiger partial charge is 0.496 e. The van der Waals surface area contributed by atoms with Crippen molar-refractivity contribution in [3.63, 3.8) is 0 Å². The normalized spacial score (nSPS) is 11.0. The number of aromatic nitrogens is 5. The average Bonchev–Trinajstić information content (AvgIpc) is 3.51. The quantitative estimate of drug-likeness (QED) is 0.279. The number of hydrogen-bond donors (Lipinski definition) is 0. The monoisotopic (exact) mass is 473 g/mol. The summed E-state index contributed by atoms with van der Waals surface area (Å²) in [5.74, 6) is 2.32. The van der Waals surface area contributed by atoms with Gasteiger partial charge >= 0.3 is 0 Å². The number of halogens is 1. The molecule has 0 saturated carbocycles. The second-order valence-corrected chi connectivity index (χ2v) is 8.43. The Morgan fingerprint density at radius 3 is 2.50 bits per heavy atom. The minimum Gasteiger partial charge on any atom is -0.496 e. The molecule has 0 radical (unpaired) electrons. The molecule has 0 unspecified atom stereocenters. The van der Waals surface area contributed by atoms with E-state index in [4.69, 9.17) is 9.26 Å². The molecule has 170 valence electrons. The fraction of sp³-hybridized carbons (Fsp3) is 0.120. The van der Waals surface area contributed by atoms with Crippen LogP contribution in [0.5, 0.6) is 5.75 Å². The summed E-state index contributed by atoms with van der Waals surface area (Å²) in [7, 11) is 1.63. The van der Waals surface area contributed by atoms with Gasteiger partial charge < -0.3 is 9.26 Å². The van der Waals surface area contributed by atoms with Gasteiger partial charge in [0, 0.05) is 11.3 Å². The van der Waals surface area contributed by atoms with Crippen LogP contribution in [-0.4, -0.2) is 32.0 Å². The number of benzene rings is 3. The lowest BCUT2D eigenvalue weighted by Gasteiger charge is -2.12. The van der Waals surface area contributed by atoms with E-state index in [-0.39, 0.29) is 5.82 Å². The summed E-state index contributed by atoms with van der Waals surface area (Å²) in [6.07, 6.45) is 0. The molecule has 3 aromatic carbocycles. The zero-order valence-corrected chi connectivity index (χ0v) is 19.3. The van der Waals surface area contributed by atoms with Crippen molar-refractivity contribution < 1.29 is 13.7 Å². The van der Waals surface area contributed by atoms with Crippen molar-refractivity contribution in [2.75, 3.05) is 7.11 Å². The molecule has 0 fully saturated rings. The number of rotatable bonds is 7. The topological polar surface area (TPSA) is 78.9 Å². The maximum atomic E-state index is 13.2. The van der Waals surface area contributed by atoms with Gasteiger partial charge in [0.25, 0.3) is 5.89 Å². The van der Waals surface area contributed by atoms with Gasteiger partial charge in [-0.25, -0.2) is 4.39 Å². The third-order valence-electron chi connectivity index (χ3n) is 5.16. The molecule has 0 saturated heterocycles. The Hall–Kier alpha value is -3.98. The van der Waals surface area contributed by atoms with Crippen LogP contribution in [0.3, 0.4) is 0 Å². The highest BCUT2D eigenvalue weighted by Crippen LogP contribution is 2.34. The first-order chi connectivity index (χ1) is 16.6. The molecule has 0 spiro atoms. The predicted molar refractivity (Wildman–Crippen MR) is 127 cm³/mol. The Morgan fingerprint density at radius 1 is 0.971 bits per heavy atom. The molecule has 0 bridgehead atoms. The Balaban J connectivity index is 1.47. The molecule has 0 aliphatic heterocycles. The van der Waals surface area contributed by atoms with E-state index in [9.17, 15) is 4.39 Å². The fourth-order valence-electron chi connectivity index (χ4n) is 3.45. The van der Waals surface area contributed by atoms with E-state index in [2.05, 4.69) is 20.3 Å². The lowest BCUT2D eigenvalue weighted by atomic mass is 10.1. The molecule has 9 heteroatoms. The maximum absolute atomic E-state index is 13.2. The number of thioether (sulfide) groups is 1. The summed E-state index contributed by atoms with van der Waals surface area (Å²) in [5, 5.41) is 13.7. The lowest BCUT2D eigenvalue weighted by molar-refractivity contribution is 0.416. The summed E-state index contributed by atoms with van der Waals surface area (Å²) < 4.78 is 26.1. The Labute approximate surface area is 199 Å². The Kier molecular flexibility index (Phi) is 6.09. The van der Waals surface area contributed by atoms with Crippen molar-refractivity contribution in [3.05, 3.63) is 90.0 Å². The number of hydrogen-bond acceptors (Lipinski definition) is 7. The van der Waals surface area contributed by atoms with Crippen molar-refractivity contribution >= 4 is 11.8 Å². The van der Waals surface area contributed by atoms with Gasteiger partial charge in [-0.2, -0.15) is 4.98 Å². The number of ether oxygens (including phenoxy) is 1. The van der Waals surface area contributed by atoms with Crippen LogP contribution >= 0.6 is 11.8 Å². The molecule has 2 heterocycles. The van der Waals surface area contributed by atoms with Crippen LogP contribution in [0.1, 0.15) is 11.4 Å². The minimum atomic E-state index is -0.319. The second kappa shape index (κ2) is 9.48. The van der Waals surface area contributed by atoms with Crippen molar-refractivity contribution in [2.45, 2.75) is 17.8 Å². The van der Waals surface area contributed by atoms with E-state index in [1.807, 2.05) is 60.0 Å². The average molecular weight is 474 g/mol. The summed E-state index contributed by atoms with van der Waals surface area (Å²) in [4.78, 5) is 4.43. The molecular formula is C25H20FN5O2S. The predicted octanol–water partition coefficient (Wildman–Crippen LogP) is 5.73. The van der Waals surface area contributed by atoms with Crippen LogP contribution in [0.4, 0.5) is 4.39 Å². The molecule has 0 aliphatic carbocycles. The zero-order valence-electron chi connectivity index (χ0n) is 18.5.